The molecular formula is C20H30N2O7. The number of nitrogens with one attached hydrogen (secondary N) is 2. The molecule has 5 atom stereocenters. The first-order chi connectivity index (χ1) is 13.9. The topological polar surface area (TPSA) is 137 Å². The van der Waals surface area contributed by atoms with Gasteiger partial charge in [-0.1, -0.05) is 36.8 Å². The van der Waals surface area contributed by atoms with E-state index in [2.05, 4.69) is 10.6 Å². The summed E-state index contributed by atoms with van der Waals surface area (Å²) in [6.45, 7) is 2.21. The molecule has 0 spiro atoms. The minimum Gasteiger partial charge on any atom is -0.445 e. The summed E-state index contributed by atoms with van der Waals surface area (Å²) in [6, 6.07) is 9.39. The van der Waals surface area contributed by atoms with E-state index in [1.807, 2.05) is 30.3 Å². The molecule has 2 amide bonds. The van der Waals surface area contributed by atoms with Crippen LogP contribution in [0.4, 0.5) is 4.79 Å². The maximum atomic E-state index is 12.0. The molecule has 0 radical (unpaired) electrons. The normalized spacial score (nSPS) is 26.6. The van der Waals surface area contributed by atoms with Crippen LogP contribution in [0.15, 0.2) is 30.3 Å². The minimum atomic E-state index is -1.39. The van der Waals surface area contributed by atoms with Gasteiger partial charge in [-0.3, -0.25) is 4.79 Å². The van der Waals surface area contributed by atoms with Gasteiger partial charge >= 0.3 is 6.09 Å². The van der Waals surface area contributed by atoms with Gasteiger partial charge in [-0.05, 0) is 25.3 Å². The fourth-order valence-electron chi connectivity index (χ4n) is 2.95. The lowest BCUT2D eigenvalue weighted by atomic mass is 9.99. The second kappa shape index (κ2) is 11.7. The number of unbranched alkanes of at least 4 members (excludes halogenated alkanes) is 2. The maximum absolute atomic E-state index is 12.0. The Morgan fingerprint density at radius 1 is 1.03 bits per heavy atom. The first-order valence-corrected chi connectivity index (χ1v) is 9.82. The maximum Gasteiger partial charge on any atom is 0.407 e. The number of alkyl carbamates (subject to hydrolysis) is 1. The van der Waals surface area contributed by atoms with Crippen molar-refractivity contribution in [2.45, 2.75) is 69.9 Å². The summed E-state index contributed by atoms with van der Waals surface area (Å²) in [7, 11) is 0. The van der Waals surface area contributed by atoms with Crippen LogP contribution in [0.25, 0.3) is 0 Å². The highest BCUT2D eigenvalue weighted by atomic mass is 16.6. The second-order valence-electron chi connectivity index (χ2n) is 7.10. The molecule has 0 unspecified atom stereocenters. The van der Waals surface area contributed by atoms with Gasteiger partial charge in [0.25, 0.3) is 0 Å². The molecule has 0 aromatic heterocycles. The van der Waals surface area contributed by atoms with E-state index in [0.29, 0.717) is 19.4 Å². The van der Waals surface area contributed by atoms with E-state index in [-0.39, 0.29) is 18.9 Å². The Balaban J connectivity index is 1.52. The number of aliphatic hydroxyl groups excluding tert-OH is 3. The van der Waals surface area contributed by atoms with Crippen molar-refractivity contribution in [3.05, 3.63) is 35.9 Å². The summed E-state index contributed by atoms with van der Waals surface area (Å²) in [4.78, 5) is 23.6. The quantitative estimate of drug-likeness (QED) is 0.372. The van der Waals surface area contributed by atoms with Gasteiger partial charge in [0.2, 0.25) is 5.91 Å². The van der Waals surface area contributed by atoms with Gasteiger partial charge < -0.3 is 35.4 Å². The molecule has 1 saturated heterocycles. The summed E-state index contributed by atoms with van der Waals surface area (Å²) in [5, 5.41) is 34.4. The number of benzene rings is 1. The third-order valence-electron chi connectivity index (χ3n) is 4.72. The molecule has 5 N–H and O–H groups in total. The first-order valence-electron chi connectivity index (χ1n) is 9.82. The molecule has 9 nitrogen and oxygen atoms in total. The van der Waals surface area contributed by atoms with Crippen molar-refractivity contribution in [1.82, 2.24) is 10.6 Å². The molecule has 1 aromatic carbocycles. The predicted molar refractivity (Wildman–Crippen MR) is 104 cm³/mol. The van der Waals surface area contributed by atoms with Gasteiger partial charge in [-0.2, -0.15) is 0 Å². The van der Waals surface area contributed by atoms with Crippen molar-refractivity contribution in [3.8, 4) is 0 Å². The number of carbonyl (C=O) groups is 2. The minimum absolute atomic E-state index is 0.215. The molecule has 1 aliphatic heterocycles. The molecule has 29 heavy (non-hydrogen) atoms. The lowest BCUT2D eigenvalue weighted by Gasteiger charge is -2.39. The van der Waals surface area contributed by atoms with E-state index in [9.17, 15) is 24.9 Å². The summed E-state index contributed by atoms with van der Waals surface area (Å²) in [6.07, 6.45) is -3.99. The van der Waals surface area contributed by atoms with Crippen LogP contribution in [0.5, 0.6) is 0 Å². The SMILES string of the molecule is C[C@@H]1O[C@H](NC(=O)CCCCCNC(=O)OCc2ccccc2)[C@H](O)[C@@H](O)[C@@H]1O. The molecule has 0 aliphatic carbocycles. The lowest BCUT2D eigenvalue weighted by molar-refractivity contribution is -0.224. The summed E-state index contributed by atoms with van der Waals surface area (Å²) in [5.41, 5.74) is 0.914. The second-order valence-corrected chi connectivity index (χ2v) is 7.10. The Morgan fingerprint density at radius 2 is 1.76 bits per heavy atom. The van der Waals surface area contributed by atoms with Crippen molar-refractivity contribution in [2.75, 3.05) is 6.54 Å². The molecular weight excluding hydrogens is 380 g/mol. The summed E-state index contributed by atoms with van der Waals surface area (Å²) < 4.78 is 10.4. The third-order valence-corrected chi connectivity index (χ3v) is 4.72. The average Bonchev–Trinajstić information content (AvgIpc) is 2.72. The van der Waals surface area contributed by atoms with E-state index in [1.54, 1.807) is 6.92 Å². The van der Waals surface area contributed by atoms with Crippen molar-refractivity contribution in [3.63, 3.8) is 0 Å². The average molecular weight is 410 g/mol. The Morgan fingerprint density at radius 3 is 2.48 bits per heavy atom. The highest BCUT2D eigenvalue weighted by Crippen LogP contribution is 2.19. The zero-order valence-corrected chi connectivity index (χ0v) is 16.5. The van der Waals surface area contributed by atoms with Crippen molar-refractivity contribution >= 4 is 12.0 Å². The Labute approximate surface area is 170 Å². The number of aliphatic hydroxyl groups is 3. The van der Waals surface area contributed by atoms with Crippen molar-refractivity contribution in [1.29, 1.82) is 0 Å². The zero-order chi connectivity index (χ0) is 21.2. The summed E-state index contributed by atoms with van der Waals surface area (Å²) in [5.74, 6) is -0.319. The van der Waals surface area contributed by atoms with Crippen LogP contribution in [-0.2, 0) is 20.9 Å². The van der Waals surface area contributed by atoms with Gasteiger partial charge in [0.05, 0.1) is 6.10 Å². The van der Waals surface area contributed by atoms with Gasteiger partial charge in [0.1, 0.15) is 24.9 Å². The van der Waals surface area contributed by atoms with Crippen LogP contribution in [0.2, 0.25) is 0 Å². The smallest absolute Gasteiger partial charge is 0.407 e. The highest BCUT2D eigenvalue weighted by molar-refractivity contribution is 5.76. The highest BCUT2D eigenvalue weighted by Gasteiger charge is 2.42. The molecule has 1 aromatic rings. The third kappa shape index (κ3) is 7.62. The van der Waals surface area contributed by atoms with Crippen LogP contribution in [0.1, 0.15) is 38.2 Å². The Hall–Kier alpha value is -2.20. The number of ether oxygens (including phenoxy) is 2. The van der Waals surface area contributed by atoms with Gasteiger partial charge in [0.15, 0.2) is 6.23 Å². The number of rotatable bonds is 9. The first kappa shape index (κ1) is 23.1. The Bertz CT molecular complexity index is 643. The van der Waals surface area contributed by atoms with Crippen molar-refractivity contribution in [2.24, 2.45) is 0 Å². The summed E-state index contributed by atoms with van der Waals surface area (Å²) >= 11 is 0. The van der Waals surface area contributed by atoms with E-state index in [1.165, 1.54) is 0 Å². The monoisotopic (exact) mass is 410 g/mol. The predicted octanol–water partition coefficient (Wildman–Crippen LogP) is 0.417. The molecule has 1 heterocycles. The zero-order valence-electron chi connectivity index (χ0n) is 16.5. The molecule has 162 valence electrons. The lowest BCUT2D eigenvalue weighted by Crippen LogP contribution is -2.61. The number of carbonyl (C=O) groups excluding carboxylic acids is 2. The van der Waals surface area contributed by atoms with E-state index < -0.39 is 36.7 Å². The molecule has 1 aliphatic rings. The van der Waals surface area contributed by atoms with Crippen LogP contribution in [0, 0.1) is 0 Å². The van der Waals surface area contributed by atoms with Crippen LogP contribution in [0.3, 0.4) is 0 Å². The molecule has 1 fully saturated rings. The Kier molecular flexibility index (Phi) is 9.33. The molecule has 9 heteroatoms. The van der Waals surface area contributed by atoms with E-state index in [0.717, 1.165) is 12.0 Å². The number of hydrogen-bond donors (Lipinski definition) is 5. The fourth-order valence-corrected chi connectivity index (χ4v) is 2.95. The van der Waals surface area contributed by atoms with E-state index >= 15 is 0 Å². The largest absolute Gasteiger partial charge is 0.445 e. The van der Waals surface area contributed by atoms with E-state index in [4.69, 9.17) is 9.47 Å². The number of hydrogen-bond acceptors (Lipinski definition) is 7. The number of amides is 2. The van der Waals surface area contributed by atoms with Crippen LogP contribution >= 0.6 is 0 Å². The van der Waals surface area contributed by atoms with Gasteiger partial charge in [0, 0.05) is 13.0 Å². The van der Waals surface area contributed by atoms with Crippen molar-refractivity contribution < 1.29 is 34.4 Å². The van der Waals surface area contributed by atoms with Crippen LogP contribution in [-0.4, -0.2) is 64.5 Å². The molecule has 2 rings (SSSR count). The van der Waals surface area contributed by atoms with Crippen LogP contribution < -0.4 is 10.6 Å². The molecule has 0 saturated carbocycles. The van der Waals surface area contributed by atoms with Gasteiger partial charge in [-0.25, -0.2) is 4.79 Å². The van der Waals surface area contributed by atoms with Gasteiger partial charge in [-0.15, -0.1) is 0 Å². The molecule has 0 bridgehead atoms. The fraction of sp³-hybridized carbons (Fsp3) is 0.600. The standard InChI is InChI=1S/C20H30N2O7/c1-13-16(24)17(25)18(26)19(29-13)22-15(23)10-6-3-7-11-21-20(27)28-12-14-8-4-2-5-9-14/h2,4-5,8-9,13,16-19,24-26H,3,6-7,10-12H2,1H3,(H,21,27)(H,22,23)/t13-,16+,17-,18+,19-/m0/s1.